The molecule has 0 bridgehead atoms. The van der Waals surface area contributed by atoms with Crippen molar-refractivity contribution in [2.45, 2.75) is 0 Å². The summed E-state index contributed by atoms with van der Waals surface area (Å²) in [6.07, 6.45) is 1.53. The van der Waals surface area contributed by atoms with Crippen molar-refractivity contribution >= 4 is 41.2 Å². The van der Waals surface area contributed by atoms with E-state index < -0.39 is 24.4 Å². The minimum Gasteiger partial charge on any atom is -0.497 e. The molecule has 1 aliphatic heterocycles. The van der Waals surface area contributed by atoms with Gasteiger partial charge in [0.25, 0.3) is 5.91 Å². The summed E-state index contributed by atoms with van der Waals surface area (Å²) >= 11 is 5.83. The van der Waals surface area contributed by atoms with Crippen molar-refractivity contribution in [3.8, 4) is 5.75 Å². The normalized spacial score (nSPS) is 15.0. The summed E-state index contributed by atoms with van der Waals surface area (Å²) in [5.74, 6) is -0.407. The molecule has 0 radical (unpaired) electrons. The number of carbonyl (C=O) groups excluding carboxylic acids is 3. The first-order valence-electron chi connectivity index (χ1n) is 8.00. The lowest BCUT2D eigenvalue weighted by Crippen LogP contribution is -2.38. The lowest BCUT2D eigenvalue weighted by Gasteiger charge is -2.12. The summed E-state index contributed by atoms with van der Waals surface area (Å²) in [6, 6.07) is 12.8. The first-order valence-corrected chi connectivity index (χ1v) is 8.38. The van der Waals surface area contributed by atoms with Crippen LogP contribution in [-0.4, -0.2) is 36.4 Å². The second kappa shape index (κ2) is 7.92. The Morgan fingerprint density at radius 1 is 1.15 bits per heavy atom. The molecule has 0 saturated carbocycles. The molecule has 1 aliphatic rings. The number of rotatable bonds is 5. The Labute approximate surface area is 160 Å². The second-order valence-corrected chi connectivity index (χ2v) is 6.14. The highest BCUT2D eigenvalue weighted by molar-refractivity contribution is 6.30. The number of anilines is 1. The molecule has 1 saturated heterocycles. The SMILES string of the molecule is COc1ccc(NC(=O)CN2C(=O)N/C(=C\c3ccc(Cl)cc3)C2=O)cc1. The zero-order valence-electron chi connectivity index (χ0n) is 14.4. The van der Waals surface area contributed by atoms with Gasteiger partial charge in [-0.05, 0) is 48.0 Å². The van der Waals surface area contributed by atoms with Crippen molar-refractivity contribution in [2.75, 3.05) is 19.0 Å². The maximum Gasteiger partial charge on any atom is 0.329 e. The predicted molar refractivity (Wildman–Crippen MR) is 101 cm³/mol. The Morgan fingerprint density at radius 3 is 2.44 bits per heavy atom. The van der Waals surface area contributed by atoms with Gasteiger partial charge >= 0.3 is 6.03 Å². The molecule has 0 aromatic heterocycles. The molecule has 7 nitrogen and oxygen atoms in total. The van der Waals surface area contributed by atoms with Gasteiger partial charge in [0, 0.05) is 10.7 Å². The highest BCUT2D eigenvalue weighted by Crippen LogP contribution is 2.17. The number of hydrogen-bond donors (Lipinski definition) is 2. The lowest BCUT2D eigenvalue weighted by atomic mass is 10.2. The van der Waals surface area contributed by atoms with Crippen LogP contribution in [0, 0.1) is 0 Å². The van der Waals surface area contributed by atoms with E-state index >= 15 is 0 Å². The van der Waals surface area contributed by atoms with Gasteiger partial charge in [-0.15, -0.1) is 0 Å². The lowest BCUT2D eigenvalue weighted by molar-refractivity contribution is -0.127. The van der Waals surface area contributed by atoms with Gasteiger partial charge in [-0.2, -0.15) is 0 Å². The standard InChI is InChI=1S/C19H16ClN3O4/c1-27-15-8-6-14(7-9-15)21-17(24)11-23-18(25)16(22-19(23)26)10-12-2-4-13(20)5-3-12/h2-10H,11H2,1H3,(H,21,24)(H,22,26)/b16-10-. The van der Waals surface area contributed by atoms with E-state index in [-0.39, 0.29) is 5.70 Å². The fourth-order valence-corrected chi connectivity index (χ4v) is 2.59. The van der Waals surface area contributed by atoms with E-state index in [4.69, 9.17) is 16.3 Å². The fraction of sp³-hybridized carbons (Fsp3) is 0.105. The van der Waals surface area contributed by atoms with Crippen molar-refractivity contribution < 1.29 is 19.1 Å². The van der Waals surface area contributed by atoms with Gasteiger partial charge in [-0.25, -0.2) is 9.69 Å². The molecule has 1 fully saturated rings. The smallest absolute Gasteiger partial charge is 0.329 e. The van der Waals surface area contributed by atoms with Gasteiger partial charge in [0.2, 0.25) is 5.91 Å². The average Bonchev–Trinajstić information content (AvgIpc) is 2.91. The molecule has 0 spiro atoms. The Hall–Kier alpha value is -3.32. The van der Waals surface area contributed by atoms with Gasteiger partial charge in [-0.3, -0.25) is 9.59 Å². The van der Waals surface area contributed by atoms with Crippen LogP contribution in [0.25, 0.3) is 6.08 Å². The third-order valence-electron chi connectivity index (χ3n) is 3.82. The van der Waals surface area contributed by atoms with Crippen molar-refractivity contribution in [3.63, 3.8) is 0 Å². The summed E-state index contributed by atoms with van der Waals surface area (Å²) < 4.78 is 5.04. The van der Waals surface area contributed by atoms with Crippen LogP contribution in [0.1, 0.15) is 5.56 Å². The molecule has 2 aromatic carbocycles. The first-order chi connectivity index (χ1) is 13.0. The van der Waals surface area contributed by atoms with Crippen LogP contribution in [-0.2, 0) is 9.59 Å². The van der Waals surface area contributed by atoms with Gasteiger partial charge < -0.3 is 15.4 Å². The van der Waals surface area contributed by atoms with Crippen molar-refractivity contribution in [2.24, 2.45) is 0 Å². The van der Waals surface area contributed by atoms with Crippen molar-refractivity contribution in [1.29, 1.82) is 0 Å². The minimum atomic E-state index is -0.648. The summed E-state index contributed by atoms with van der Waals surface area (Å²) in [7, 11) is 1.54. The van der Waals surface area contributed by atoms with Gasteiger partial charge in [-0.1, -0.05) is 23.7 Å². The van der Waals surface area contributed by atoms with Crippen LogP contribution in [0.2, 0.25) is 5.02 Å². The van der Waals surface area contributed by atoms with Gasteiger partial charge in [0.1, 0.15) is 18.0 Å². The number of ether oxygens (including phenoxy) is 1. The number of amides is 4. The maximum absolute atomic E-state index is 12.4. The summed E-state index contributed by atoms with van der Waals surface area (Å²) in [5, 5.41) is 5.67. The quantitative estimate of drug-likeness (QED) is 0.612. The van der Waals surface area contributed by atoms with Crippen LogP contribution in [0.3, 0.4) is 0 Å². The van der Waals surface area contributed by atoms with Crippen molar-refractivity contribution in [3.05, 3.63) is 64.8 Å². The molecule has 27 heavy (non-hydrogen) atoms. The average molecular weight is 386 g/mol. The number of hydrogen-bond acceptors (Lipinski definition) is 4. The van der Waals surface area contributed by atoms with Crippen LogP contribution >= 0.6 is 11.6 Å². The third-order valence-corrected chi connectivity index (χ3v) is 4.07. The molecule has 2 aromatic rings. The number of benzene rings is 2. The Balaban J connectivity index is 1.65. The van der Waals surface area contributed by atoms with E-state index in [9.17, 15) is 14.4 Å². The monoisotopic (exact) mass is 385 g/mol. The number of halogens is 1. The molecule has 0 unspecified atom stereocenters. The molecule has 1 heterocycles. The molecular formula is C19H16ClN3O4. The molecule has 2 N–H and O–H groups in total. The van der Waals surface area contributed by atoms with Crippen LogP contribution in [0.5, 0.6) is 5.75 Å². The van der Waals surface area contributed by atoms with Gasteiger partial charge in [0.05, 0.1) is 7.11 Å². The third kappa shape index (κ3) is 4.45. The van der Waals surface area contributed by atoms with Crippen LogP contribution in [0.15, 0.2) is 54.2 Å². The highest BCUT2D eigenvalue weighted by atomic mass is 35.5. The Morgan fingerprint density at radius 2 is 1.81 bits per heavy atom. The summed E-state index contributed by atoms with van der Waals surface area (Å²) in [5.41, 5.74) is 1.33. The predicted octanol–water partition coefficient (Wildman–Crippen LogP) is 2.88. The van der Waals surface area contributed by atoms with E-state index in [2.05, 4.69) is 10.6 Å². The second-order valence-electron chi connectivity index (χ2n) is 5.71. The topological polar surface area (TPSA) is 87.7 Å². The molecule has 4 amide bonds. The molecule has 138 valence electrons. The number of carbonyl (C=O) groups is 3. The zero-order chi connectivity index (χ0) is 19.4. The molecule has 0 aliphatic carbocycles. The van der Waals surface area contributed by atoms with Crippen LogP contribution < -0.4 is 15.4 Å². The number of urea groups is 1. The number of nitrogens with zero attached hydrogens (tertiary/aromatic N) is 1. The molecule has 3 rings (SSSR count). The zero-order valence-corrected chi connectivity index (χ0v) is 15.1. The Kier molecular flexibility index (Phi) is 5.42. The molecular weight excluding hydrogens is 370 g/mol. The van der Waals surface area contributed by atoms with E-state index in [0.29, 0.717) is 22.0 Å². The summed E-state index contributed by atoms with van der Waals surface area (Å²) in [4.78, 5) is 37.5. The van der Waals surface area contributed by atoms with Gasteiger partial charge in [0.15, 0.2) is 0 Å². The fourth-order valence-electron chi connectivity index (χ4n) is 2.46. The first kappa shape index (κ1) is 18.5. The molecule has 8 heteroatoms. The van der Waals surface area contributed by atoms with E-state index in [1.54, 1.807) is 55.6 Å². The van der Waals surface area contributed by atoms with E-state index in [0.717, 1.165) is 4.90 Å². The number of imide groups is 1. The van der Waals surface area contributed by atoms with Crippen LogP contribution in [0.4, 0.5) is 10.5 Å². The Bertz CT molecular complexity index is 908. The largest absolute Gasteiger partial charge is 0.497 e. The van der Waals surface area contributed by atoms with E-state index in [1.807, 2.05) is 0 Å². The maximum atomic E-state index is 12.4. The summed E-state index contributed by atoms with van der Waals surface area (Å²) in [6.45, 7) is -0.394. The number of nitrogens with one attached hydrogen (secondary N) is 2. The highest BCUT2D eigenvalue weighted by Gasteiger charge is 2.34. The van der Waals surface area contributed by atoms with Crippen molar-refractivity contribution in [1.82, 2.24) is 10.2 Å². The van der Waals surface area contributed by atoms with E-state index in [1.165, 1.54) is 6.08 Å². The number of methoxy groups -OCH3 is 1. The molecule has 0 atom stereocenters. The minimum absolute atomic E-state index is 0.0968.